The van der Waals surface area contributed by atoms with Crippen molar-refractivity contribution < 1.29 is 9.59 Å². The molecule has 5 heteroatoms. The summed E-state index contributed by atoms with van der Waals surface area (Å²) in [4.78, 5) is 28.2. The predicted molar refractivity (Wildman–Crippen MR) is 73.7 cm³/mol. The maximum atomic E-state index is 12.2. The first-order chi connectivity index (χ1) is 9.00. The lowest BCUT2D eigenvalue weighted by molar-refractivity contribution is -0.135. The SMILES string of the molecule is CC1=C(c2c[nH]c3ccc(Cl)cc23)C(=O)N(C)C1=O. The molecule has 2 amide bonds. The monoisotopic (exact) mass is 274 g/mol. The van der Waals surface area contributed by atoms with E-state index >= 15 is 0 Å². The van der Waals surface area contributed by atoms with E-state index in [1.807, 2.05) is 6.07 Å². The number of likely N-dealkylation sites (N-methyl/N-ethyl adjacent to an activating group) is 1. The molecule has 3 rings (SSSR count). The van der Waals surface area contributed by atoms with E-state index in [-0.39, 0.29) is 11.8 Å². The van der Waals surface area contributed by atoms with Gasteiger partial charge in [0.25, 0.3) is 11.8 Å². The maximum Gasteiger partial charge on any atom is 0.261 e. The molecule has 2 aromatic rings. The Morgan fingerprint density at radius 2 is 1.95 bits per heavy atom. The zero-order valence-corrected chi connectivity index (χ0v) is 11.2. The summed E-state index contributed by atoms with van der Waals surface area (Å²) in [6.07, 6.45) is 1.74. The van der Waals surface area contributed by atoms with E-state index in [0.717, 1.165) is 21.4 Å². The van der Waals surface area contributed by atoms with Gasteiger partial charge >= 0.3 is 0 Å². The molecule has 0 atom stereocenters. The van der Waals surface area contributed by atoms with Gasteiger partial charge in [0, 0.05) is 40.3 Å². The minimum absolute atomic E-state index is 0.253. The van der Waals surface area contributed by atoms with Crippen molar-refractivity contribution in [3.05, 3.63) is 40.6 Å². The topological polar surface area (TPSA) is 53.2 Å². The van der Waals surface area contributed by atoms with E-state index < -0.39 is 0 Å². The van der Waals surface area contributed by atoms with Crippen LogP contribution in [0.25, 0.3) is 16.5 Å². The minimum Gasteiger partial charge on any atom is -0.361 e. The summed E-state index contributed by atoms with van der Waals surface area (Å²) in [7, 11) is 1.49. The fourth-order valence-electron chi connectivity index (χ4n) is 2.40. The van der Waals surface area contributed by atoms with Crippen molar-refractivity contribution >= 4 is 39.9 Å². The summed E-state index contributed by atoms with van der Waals surface area (Å²) in [5.74, 6) is -0.528. The Kier molecular flexibility index (Phi) is 2.50. The van der Waals surface area contributed by atoms with E-state index in [4.69, 9.17) is 11.6 Å². The predicted octanol–water partition coefficient (Wildman–Crippen LogP) is 2.59. The standard InChI is InChI=1S/C14H11ClN2O2/c1-7-12(14(19)17(2)13(7)18)10-6-16-11-4-3-8(15)5-9(10)11/h3-6,16H,1-2H3. The average molecular weight is 275 g/mol. The van der Waals surface area contributed by atoms with Gasteiger partial charge in [-0.1, -0.05) is 11.6 Å². The molecule has 0 aliphatic carbocycles. The molecule has 4 nitrogen and oxygen atoms in total. The van der Waals surface area contributed by atoms with Crippen molar-refractivity contribution in [2.24, 2.45) is 0 Å². The first kappa shape index (κ1) is 12.0. The lowest BCUT2D eigenvalue weighted by Crippen LogP contribution is -2.26. The van der Waals surface area contributed by atoms with Crippen molar-refractivity contribution in [2.75, 3.05) is 7.05 Å². The van der Waals surface area contributed by atoms with Gasteiger partial charge in [-0.2, -0.15) is 0 Å². The summed E-state index contributed by atoms with van der Waals surface area (Å²) in [6, 6.07) is 5.42. The molecule has 0 saturated heterocycles. The maximum absolute atomic E-state index is 12.2. The van der Waals surface area contributed by atoms with Gasteiger partial charge in [0.1, 0.15) is 0 Å². The van der Waals surface area contributed by atoms with Gasteiger partial charge in [0.2, 0.25) is 0 Å². The fraction of sp³-hybridized carbons (Fsp3) is 0.143. The van der Waals surface area contributed by atoms with E-state index in [2.05, 4.69) is 4.98 Å². The second kappa shape index (κ2) is 3.96. The number of nitrogens with zero attached hydrogens (tertiary/aromatic N) is 1. The van der Waals surface area contributed by atoms with Gasteiger partial charge in [-0.15, -0.1) is 0 Å². The summed E-state index contributed by atoms with van der Waals surface area (Å²) >= 11 is 5.99. The molecule has 1 aliphatic heterocycles. The third kappa shape index (κ3) is 1.60. The van der Waals surface area contributed by atoms with Crippen LogP contribution in [-0.2, 0) is 9.59 Å². The Bertz CT molecular complexity index is 758. The van der Waals surface area contributed by atoms with Crippen LogP contribution < -0.4 is 0 Å². The molecule has 0 radical (unpaired) electrons. The summed E-state index contributed by atoms with van der Waals surface area (Å²) in [6.45, 7) is 1.67. The number of carbonyl (C=O) groups is 2. The van der Waals surface area contributed by atoms with Crippen molar-refractivity contribution in [3.63, 3.8) is 0 Å². The molecule has 0 saturated carbocycles. The largest absolute Gasteiger partial charge is 0.361 e. The first-order valence-corrected chi connectivity index (χ1v) is 6.19. The average Bonchev–Trinajstić information content (AvgIpc) is 2.86. The van der Waals surface area contributed by atoms with Crippen molar-refractivity contribution in [1.82, 2.24) is 9.88 Å². The number of benzene rings is 1. The fourth-order valence-corrected chi connectivity index (χ4v) is 2.57. The smallest absolute Gasteiger partial charge is 0.261 e. The van der Waals surface area contributed by atoms with E-state index in [1.54, 1.807) is 25.3 Å². The van der Waals surface area contributed by atoms with E-state index in [1.165, 1.54) is 7.05 Å². The van der Waals surface area contributed by atoms with Crippen LogP contribution in [0.5, 0.6) is 0 Å². The summed E-state index contributed by atoms with van der Waals surface area (Å²) < 4.78 is 0. The quantitative estimate of drug-likeness (QED) is 0.813. The number of aromatic amines is 1. The molecule has 1 aromatic heterocycles. The van der Waals surface area contributed by atoms with Crippen LogP contribution in [-0.4, -0.2) is 28.7 Å². The van der Waals surface area contributed by atoms with Crippen LogP contribution in [0.3, 0.4) is 0 Å². The van der Waals surface area contributed by atoms with E-state index in [9.17, 15) is 9.59 Å². The number of halogens is 1. The van der Waals surface area contributed by atoms with Crippen LogP contribution in [0, 0.1) is 0 Å². The summed E-state index contributed by atoms with van der Waals surface area (Å²) in [5.41, 5.74) is 2.52. The van der Waals surface area contributed by atoms with Crippen molar-refractivity contribution in [1.29, 1.82) is 0 Å². The zero-order chi connectivity index (χ0) is 13.7. The third-order valence-electron chi connectivity index (χ3n) is 3.43. The van der Waals surface area contributed by atoms with E-state index in [0.29, 0.717) is 16.2 Å². The van der Waals surface area contributed by atoms with Crippen LogP contribution >= 0.6 is 11.6 Å². The molecule has 96 valence electrons. The number of carbonyl (C=O) groups excluding carboxylic acids is 2. The Morgan fingerprint density at radius 3 is 2.58 bits per heavy atom. The molecule has 1 aliphatic rings. The number of nitrogens with one attached hydrogen (secondary N) is 1. The van der Waals surface area contributed by atoms with Gasteiger partial charge in [-0.25, -0.2) is 0 Å². The molecular formula is C14H11ClN2O2. The molecule has 1 aromatic carbocycles. The van der Waals surface area contributed by atoms with Crippen LogP contribution in [0.1, 0.15) is 12.5 Å². The van der Waals surface area contributed by atoms with Crippen molar-refractivity contribution in [2.45, 2.75) is 6.92 Å². The Hall–Kier alpha value is -2.07. The molecule has 0 unspecified atom stereocenters. The number of H-pyrrole nitrogens is 1. The second-order valence-electron chi connectivity index (χ2n) is 4.56. The number of hydrogen-bond acceptors (Lipinski definition) is 2. The Balaban J connectivity index is 2.28. The number of amides is 2. The highest BCUT2D eigenvalue weighted by atomic mass is 35.5. The molecule has 19 heavy (non-hydrogen) atoms. The normalized spacial score (nSPS) is 16.1. The number of rotatable bonds is 1. The van der Waals surface area contributed by atoms with Gasteiger partial charge in [-0.05, 0) is 25.1 Å². The number of imide groups is 1. The Morgan fingerprint density at radius 1 is 1.21 bits per heavy atom. The zero-order valence-electron chi connectivity index (χ0n) is 10.5. The van der Waals surface area contributed by atoms with Crippen LogP contribution in [0.15, 0.2) is 30.0 Å². The van der Waals surface area contributed by atoms with Crippen LogP contribution in [0.4, 0.5) is 0 Å². The second-order valence-corrected chi connectivity index (χ2v) is 5.00. The molecule has 0 bridgehead atoms. The highest BCUT2D eigenvalue weighted by molar-refractivity contribution is 6.37. The highest BCUT2D eigenvalue weighted by Crippen LogP contribution is 2.33. The molecule has 2 heterocycles. The molecular weight excluding hydrogens is 264 g/mol. The molecule has 0 spiro atoms. The Labute approximate surface area is 114 Å². The minimum atomic E-state index is -0.275. The molecule has 1 N–H and O–H groups in total. The number of fused-ring (bicyclic) bond motifs is 1. The van der Waals surface area contributed by atoms with Crippen molar-refractivity contribution in [3.8, 4) is 0 Å². The molecule has 0 fully saturated rings. The lowest BCUT2D eigenvalue weighted by atomic mass is 10.0. The van der Waals surface area contributed by atoms with Gasteiger partial charge < -0.3 is 4.98 Å². The lowest BCUT2D eigenvalue weighted by Gasteiger charge is -2.06. The first-order valence-electron chi connectivity index (χ1n) is 5.81. The van der Waals surface area contributed by atoms with Gasteiger partial charge in [-0.3, -0.25) is 14.5 Å². The highest BCUT2D eigenvalue weighted by Gasteiger charge is 2.34. The van der Waals surface area contributed by atoms with Crippen LogP contribution in [0.2, 0.25) is 5.02 Å². The van der Waals surface area contributed by atoms with Gasteiger partial charge in [0.15, 0.2) is 0 Å². The third-order valence-corrected chi connectivity index (χ3v) is 3.67. The number of aromatic nitrogens is 1. The summed E-state index contributed by atoms with van der Waals surface area (Å²) in [5, 5.41) is 1.44. The number of hydrogen-bond donors (Lipinski definition) is 1. The van der Waals surface area contributed by atoms with Gasteiger partial charge in [0.05, 0.1) is 5.57 Å².